The fourth-order valence-electron chi connectivity index (χ4n) is 2.12. The Morgan fingerprint density at radius 2 is 2.21 bits per heavy atom. The fourth-order valence-corrected chi connectivity index (χ4v) is 2.12. The van der Waals surface area contributed by atoms with Gasteiger partial charge in [-0.3, -0.25) is 4.79 Å². The Kier molecular flexibility index (Phi) is 4.93. The molecule has 1 aromatic heterocycles. The zero-order chi connectivity index (χ0) is 13.7. The number of hydrogen-bond acceptors (Lipinski definition) is 5. The summed E-state index contributed by atoms with van der Waals surface area (Å²) in [6.45, 7) is 5.28. The molecule has 6 nitrogen and oxygen atoms in total. The molecule has 2 heterocycles. The van der Waals surface area contributed by atoms with Gasteiger partial charge in [0.05, 0.1) is 31.2 Å². The molecule has 0 aliphatic carbocycles. The Labute approximate surface area is 112 Å². The Morgan fingerprint density at radius 3 is 2.84 bits per heavy atom. The Balaban J connectivity index is 1.98. The van der Waals surface area contributed by atoms with Crippen molar-refractivity contribution in [3.63, 3.8) is 0 Å². The third kappa shape index (κ3) is 4.04. The second kappa shape index (κ2) is 6.68. The third-order valence-electron chi connectivity index (χ3n) is 3.22. The number of aliphatic hydroxyl groups excluding tert-OH is 1. The highest BCUT2D eigenvalue weighted by atomic mass is 16.5. The molecule has 1 aromatic rings. The molecule has 0 radical (unpaired) electrons. The number of aromatic nitrogens is 2. The summed E-state index contributed by atoms with van der Waals surface area (Å²) in [5, 5.41) is 13.4. The van der Waals surface area contributed by atoms with Gasteiger partial charge in [0.2, 0.25) is 0 Å². The van der Waals surface area contributed by atoms with Crippen molar-refractivity contribution in [2.45, 2.75) is 32.4 Å². The third-order valence-corrected chi connectivity index (χ3v) is 3.22. The smallest absolute Gasteiger partial charge is 0.268 e. The van der Waals surface area contributed by atoms with Crippen molar-refractivity contribution in [3.8, 4) is 0 Å². The van der Waals surface area contributed by atoms with E-state index in [4.69, 9.17) is 4.74 Å². The average Bonchev–Trinajstić information content (AvgIpc) is 2.41. The lowest BCUT2D eigenvalue weighted by molar-refractivity contribution is 0.122. The summed E-state index contributed by atoms with van der Waals surface area (Å²) in [6.07, 6.45) is 2.83. The van der Waals surface area contributed by atoms with E-state index in [2.05, 4.69) is 10.00 Å². The molecular formula is C13H21N3O3. The summed E-state index contributed by atoms with van der Waals surface area (Å²) in [7, 11) is 0. The summed E-state index contributed by atoms with van der Waals surface area (Å²) >= 11 is 0. The molecule has 0 amide bonds. The van der Waals surface area contributed by atoms with Crippen LogP contribution in [0.4, 0.5) is 5.69 Å². The van der Waals surface area contributed by atoms with Crippen LogP contribution < -0.4 is 10.5 Å². The van der Waals surface area contributed by atoms with Gasteiger partial charge < -0.3 is 14.7 Å². The van der Waals surface area contributed by atoms with Crippen molar-refractivity contribution < 1.29 is 9.84 Å². The van der Waals surface area contributed by atoms with Crippen LogP contribution in [0.5, 0.6) is 0 Å². The normalized spacial score (nSPS) is 17.5. The Bertz CT molecular complexity index is 453. The Morgan fingerprint density at radius 1 is 1.47 bits per heavy atom. The van der Waals surface area contributed by atoms with Crippen molar-refractivity contribution in [1.29, 1.82) is 0 Å². The van der Waals surface area contributed by atoms with E-state index in [1.807, 2.05) is 0 Å². The van der Waals surface area contributed by atoms with Crippen LogP contribution in [-0.4, -0.2) is 47.3 Å². The molecule has 0 aromatic carbocycles. The Hall–Kier alpha value is -1.40. The molecular weight excluding hydrogens is 246 g/mol. The number of anilines is 1. The van der Waals surface area contributed by atoms with Gasteiger partial charge in [0, 0.05) is 25.7 Å². The van der Waals surface area contributed by atoms with Crippen LogP contribution in [0, 0.1) is 0 Å². The van der Waals surface area contributed by atoms with Crippen LogP contribution in [0.15, 0.2) is 17.1 Å². The van der Waals surface area contributed by atoms with Crippen molar-refractivity contribution in [2.24, 2.45) is 0 Å². The van der Waals surface area contributed by atoms with Gasteiger partial charge in [-0.2, -0.15) is 5.10 Å². The summed E-state index contributed by atoms with van der Waals surface area (Å²) in [6, 6.07) is 1.63. The van der Waals surface area contributed by atoms with E-state index in [0.29, 0.717) is 26.2 Å². The van der Waals surface area contributed by atoms with Crippen molar-refractivity contribution in [2.75, 3.05) is 31.2 Å². The van der Waals surface area contributed by atoms with E-state index in [9.17, 15) is 9.90 Å². The zero-order valence-electron chi connectivity index (χ0n) is 11.3. The minimum Gasteiger partial charge on any atom is -0.393 e. The van der Waals surface area contributed by atoms with Gasteiger partial charge in [0.25, 0.3) is 5.56 Å². The van der Waals surface area contributed by atoms with Crippen molar-refractivity contribution in [3.05, 3.63) is 22.6 Å². The quantitative estimate of drug-likeness (QED) is 0.828. The number of aryl methyl sites for hydroxylation is 1. The molecule has 0 spiro atoms. The van der Waals surface area contributed by atoms with Crippen molar-refractivity contribution in [1.82, 2.24) is 9.78 Å². The lowest BCUT2D eigenvalue weighted by atomic mass is 10.2. The summed E-state index contributed by atoms with van der Waals surface area (Å²) in [4.78, 5) is 14.0. The standard InChI is InChI=1S/C13H21N3O3/c1-11(17)3-2-4-16-13(18)9-12(10-14-16)15-5-7-19-8-6-15/h9-11,17H,2-8H2,1H3. The van der Waals surface area contributed by atoms with E-state index < -0.39 is 0 Å². The first-order valence-corrected chi connectivity index (χ1v) is 6.75. The van der Waals surface area contributed by atoms with Crippen molar-refractivity contribution >= 4 is 5.69 Å². The van der Waals surface area contributed by atoms with E-state index in [0.717, 1.165) is 25.2 Å². The molecule has 0 saturated carbocycles. The topological polar surface area (TPSA) is 67.6 Å². The maximum Gasteiger partial charge on any atom is 0.268 e. The van der Waals surface area contributed by atoms with Gasteiger partial charge in [-0.25, -0.2) is 4.68 Å². The maximum atomic E-state index is 11.9. The number of morpholine rings is 1. The molecule has 0 bridgehead atoms. The number of nitrogens with zero attached hydrogens (tertiary/aromatic N) is 3. The van der Waals surface area contributed by atoms with Gasteiger partial charge in [-0.15, -0.1) is 0 Å². The summed E-state index contributed by atoms with van der Waals surface area (Å²) in [5.41, 5.74) is 0.773. The number of rotatable bonds is 5. The van der Waals surface area contributed by atoms with Gasteiger partial charge in [0.1, 0.15) is 0 Å². The second-order valence-corrected chi connectivity index (χ2v) is 4.87. The largest absolute Gasteiger partial charge is 0.393 e. The number of aliphatic hydroxyl groups is 1. The van der Waals surface area contributed by atoms with Crippen LogP contribution in [0.1, 0.15) is 19.8 Å². The number of ether oxygens (including phenoxy) is 1. The SMILES string of the molecule is CC(O)CCCn1ncc(N2CCOCC2)cc1=O. The van der Waals surface area contributed by atoms with Crippen LogP contribution in [0.3, 0.4) is 0 Å². The highest BCUT2D eigenvalue weighted by Crippen LogP contribution is 2.11. The van der Waals surface area contributed by atoms with Gasteiger partial charge in [0.15, 0.2) is 0 Å². The van der Waals surface area contributed by atoms with Gasteiger partial charge >= 0.3 is 0 Å². The van der Waals surface area contributed by atoms with Gasteiger partial charge in [-0.05, 0) is 19.8 Å². The molecule has 19 heavy (non-hydrogen) atoms. The van der Waals surface area contributed by atoms with Crippen LogP contribution >= 0.6 is 0 Å². The second-order valence-electron chi connectivity index (χ2n) is 4.87. The van der Waals surface area contributed by atoms with E-state index in [-0.39, 0.29) is 11.7 Å². The van der Waals surface area contributed by atoms with E-state index in [1.54, 1.807) is 19.2 Å². The van der Waals surface area contributed by atoms with E-state index >= 15 is 0 Å². The number of hydrogen-bond donors (Lipinski definition) is 1. The average molecular weight is 267 g/mol. The first kappa shape index (κ1) is 14.0. The lowest BCUT2D eigenvalue weighted by Crippen LogP contribution is -2.37. The minimum atomic E-state index is -0.330. The lowest BCUT2D eigenvalue weighted by Gasteiger charge is -2.28. The van der Waals surface area contributed by atoms with E-state index in [1.165, 1.54) is 4.68 Å². The monoisotopic (exact) mass is 267 g/mol. The molecule has 6 heteroatoms. The fraction of sp³-hybridized carbons (Fsp3) is 0.692. The highest BCUT2D eigenvalue weighted by Gasteiger charge is 2.12. The maximum absolute atomic E-state index is 11.9. The summed E-state index contributed by atoms with van der Waals surface area (Å²) < 4.78 is 6.73. The first-order valence-electron chi connectivity index (χ1n) is 6.75. The van der Waals surface area contributed by atoms with Crippen LogP contribution in [0.2, 0.25) is 0 Å². The zero-order valence-corrected chi connectivity index (χ0v) is 11.3. The van der Waals surface area contributed by atoms with Crippen LogP contribution in [0.25, 0.3) is 0 Å². The molecule has 2 rings (SSSR count). The predicted octanol–water partition coefficient (Wildman–Crippen LogP) is 0.241. The highest BCUT2D eigenvalue weighted by molar-refractivity contribution is 5.43. The molecule has 1 unspecified atom stereocenters. The molecule has 1 N–H and O–H groups in total. The molecule has 106 valence electrons. The molecule has 1 aliphatic rings. The molecule has 1 atom stereocenters. The molecule has 1 aliphatic heterocycles. The minimum absolute atomic E-state index is 0.0883. The molecule has 1 saturated heterocycles. The summed E-state index contributed by atoms with van der Waals surface area (Å²) in [5.74, 6) is 0. The van der Waals surface area contributed by atoms with Crippen LogP contribution in [-0.2, 0) is 11.3 Å². The predicted molar refractivity (Wildman–Crippen MR) is 72.4 cm³/mol. The first-order chi connectivity index (χ1) is 9.16. The van der Waals surface area contributed by atoms with Gasteiger partial charge in [-0.1, -0.05) is 0 Å². The molecule has 1 fully saturated rings.